The summed E-state index contributed by atoms with van der Waals surface area (Å²) in [7, 11) is 0. The topological polar surface area (TPSA) is 47.6 Å². The van der Waals surface area contributed by atoms with Crippen molar-refractivity contribution < 1.29 is 14.3 Å². The summed E-state index contributed by atoms with van der Waals surface area (Å²) in [5, 5.41) is 3.21. The summed E-state index contributed by atoms with van der Waals surface area (Å²) in [5.74, 6) is 1.33. The summed E-state index contributed by atoms with van der Waals surface area (Å²) in [6.45, 7) is 3.35. The number of carbonyl (C=O) groups excluding carboxylic acids is 1. The molecule has 0 saturated carbocycles. The number of nitrogens with one attached hydrogen (secondary N) is 1. The van der Waals surface area contributed by atoms with Crippen LogP contribution in [0, 0.1) is 0 Å². The van der Waals surface area contributed by atoms with Crippen LogP contribution in [-0.2, 0) is 0 Å². The SMILES string of the molecule is CCOc1ccc(OCCNC(=O)c2ccccc2Cl)cc1. The second kappa shape index (κ2) is 8.29. The molecule has 0 aromatic heterocycles. The Kier molecular flexibility index (Phi) is 6.10. The van der Waals surface area contributed by atoms with Crippen molar-refractivity contribution in [3.63, 3.8) is 0 Å². The number of rotatable bonds is 7. The second-order valence-corrected chi connectivity index (χ2v) is 4.90. The average Bonchev–Trinajstić information content (AvgIpc) is 2.53. The number of amides is 1. The number of benzene rings is 2. The summed E-state index contributed by atoms with van der Waals surface area (Å²) < 4.78 is 10.9. The van der Waals surface area contributed by atoms with Crippen LogP contribution >= 0.6 is 11.6 Å². The van der Waals surface area contributed by atoms with Crippen LogP contribution in [0.25, 0.3) is 0 Å². The minimum Gasteiger partial charge on any atom is -0.494 e. The van der Waals surface area contributed by atoms with Crippen LogP contribution in [0.3, 0.4) is 0 Å². The summed E-state index contributed by atoms with van der Waals surface area (Å²) in [4.78, 5) is 11.9. The van der Waals surface area contributed by atoms with Crippen LogP contribution in [-0.4, -0.2) is 25.7 Å². The Morgan fingerprint density at radius 2 is 1.68 bits per heavy atom. The van der Waals surface area contributed by atoms with Gasteiger partial charge in [0.2, 0.25) is 0 Å². The molecule has 0 bridgehead atoms. The standard InChI is InChI=1S/C17H18ClNO3/c1-2-21-13-7-9-14(10-8-13)22-12-11-19-17(20)15-5-3-4-6-16(15)18/h3-10H,2,11-12H2,1H3,(H,19,20). The molecular weight excluding hydrogens is 302 g/mol. The molecule has 0 unspecified atom stereocenters. The molecule has 22 heavy (non-hydrogen) atoms. The number of hydrogen-bond acceptors (Lipinski definition) is 3. The molecule has 116 valence electrons. The fraction of sp³-hybridized carbons (Fsp3) is 0.235. The van der Waals surface area contributed by atoms with E-state index in [1.807, 2.05) is 31.2 Å². The van der Waals surface area contributed by atoms with Gasteiger partial charge >= 0.3 is 0 Å². The van der Waals surface area contributed by atoms with Gasteiger partial charge in [-0.1, -0.05) is 23.7 Å². The lowest BCUT2D eigenvalue weighted by atomic mass is 10.2. The normalized spacial score (nSPS) is 10.1. The van der Waals surface area contributed by atoms with E-state index in [0.29, 0.717) is 30.3 Å². The molecule has 0 aliphatic carbocycles. The van der Waals surface area contributed by atoms with Crippen LogP contribution in [0.4, 0.5) is 0 Å². The van der Waals surface area contributed by atoms with Gasteiger partial charge in [0.15, 0.2) is 0 Å². The predicted molar refractivity (Wildman–Crippen MR) is 86.9 cm³/mol. The van der Waals surface area contributed by atoms with Crippen molar-refractivity contribution in [1.82, 2.24) is 5.32 Å². The maximum atomic E-state index is 11.9. The molecule has 5 heteroatoms. The first-order valence-electron chi connectivity index (χ1n) is 7.09. The van der Waals surface area contributed by atoms with Gasteiger partial charge in [-0.3, -0.25) is 4.79 Å². The minimum atomic E-state index is -0.208. The lowest BCUT2D eigenvalue weighted by Gasteiger charge is -2.09. The van der Waals surface area contributed by atoms with Gasteiger partial charge < -0.3 is 14.8 Å². The highest BCUT2D eigenvalue weighted by atomic mass is 35.5. The average molecular weight is 320 g/mol. The van der Waals surface area contributed by atoms with Crippen molar-refractivity contribution in [2.75, 3.05) is 19.8 Å². The van der Waals surface area contributed by atoms with Crippen molar-refractivity contribution in [2.45, 2.75) is 6.92 Å². The Bertz CT molecular complexity index is 614. The summed E-state index contributed by atoms with van der Waals surface area (Å²) in [5.41, 5.74) is 0.463. The van der Waals surface area contributed by atoms with E-state index in [1.54, 1.807) is 24.3 Å². The van der Waals surface area contributed by atoms with E-state index in [9.17, 15) is 4.79 Å². The zero-order valence-electron chi connectivity index (χ0n) is 12.3. The maximum Gasteiger partial charge on any atom is 0.252 e. The van der Waals surface area contributed by atoms with Crippen LogP contribution in [0.2, 0.25) is 5.02 Å². The molecule has 0 aliphatic heterocycles. The second-order valence-electron chi connectivity index (χ2n) is 4.49. The smallest absolute Gasteiger partial charge is 0.252 e. The number of ether oxygens (including phenoxy) is 2. The van der Waals surface area contributed by atoms with E-state index < -0.39 is 0 Å². The fourth-order valence-electron chi connectivity index (χ4n) is 1.87. The number of halogens is 1. The molecule has 0 aliphatic rings. The van der Waals surface area contributed by atoms with E-state index >= 15 is 0 Å². The molecule has 1 amide bonds. The highest BCUT2D eigenvalue weighted by molar-refractivity contribution is 6.33. The maximum absolute atomic E-state index is 11.9. The van der Waals surface area contributed by atoms with Crippen molar-refractivity contribution in [2.24, 2.45) is 0 Å². The van der Waals surface area contributed by atoms with Crippen molar-refractivity contribution in [3.8, 4) is 11.5 Å². The Hall–Kier alpha value is -2.20. The van der Waals surface area contributed by atoms with Gasteiger partial charge in [-0.25, -0.2) is 0 Å². The van der Waals surface area contributed by atoms with Crippen LogP contribution < -0.4 is 14.8 Å². The largest absolute Gasteiger partial charge is 0.494 e. The fourth-order valence-corrected chi connectivity index (χ4v) is 2.09. The van der Waals surface area contributed by atoms with E-state index in [2.05, 4.69) is 5.32 Å². The van der Waals surface area contributed by atoms with Gasteiger partial charge in [0.1, 0.15) is 18.1 Å². The Morgan fingerprint density at radius 1 is 1.05 bits per heavy atom. The molecule has 0 spiro atoms. The number of carbonyl (C=O) groups is 1. The molecule has 0 radical (unpaired) electrons. The van der Waals surface area contributed by atoms with E-state index in [4.69, 9.17) is 21.1 Å². The Labute approximate surface area is 135 Å². The molecule has 0 heterocycles. The van der Waals surface area contributed by atoms with Gasteiger partial charge in [-0.15, -0.1) is 0 Å². The van der Waals surface area contributed by atoms with Crippen LogP contribution in [0.15, 0.2) is 48.5 Å². The van der Waals surface area contributed by atoms with Crippen molar-refractivity contribution in [3.05, 3.63) is 59.1 Å². The summed E-state index contributed by atoms with van der Waals surface area (Å²) in [6.07, 6.45) is 0. The van der Waals surface area contributed by atoms with Gasteiger partial charge in [0.05, 0.1) is 23.7 Å². The van der Waals surface area contributed by atoms with Gasteiger partial charge in [0, 0.05) is 0 Å². The first-order valence-corrected chi connectivity index (χ1v) is 7.47. The third kappa shape index (κ3) is 4.67. The molecule has 0 atom stereocenters. The molecule has 0 saturated heterocycles. The highest BCUT2D eigenvalue weighted by Gasteiger charge is 2.08. The molecule has 4 nitrogen and oxygen atoms in total. The predicted octanol–water partition coefficient (Wildman–Crippen LogP) is 3.55. The zero-order valence-corrected chi connectivity index (χ0v) is 13.1. The molecule has 2 aromatic rings. The van der Waals surface area contributed by atoms with Crippen LogP contribution in [0.1, 0.15) is 17.3 Å². The molecular formula is C17H18ClNO3. The molecule has 0 fully saturated rings. The van der Waals surface area contributed by atoms with Gasteiger partial charge in [-0.2, -0.15) is 0 Å². The van der Waals surface area contributed by atoms with Crippen LogP contribution in [0.5, 0.6) is 11.5 Å². The quantitative estimate of drug-likeness (QED) is 0.794. The van der Waals surface area contributed by atoms with Gasteiger partial charge in [-0.05, 0) is 43.3 Å². The third-order valence-corrected chi connectivity index (χ3v) is 3.24. The lowest BCUT2D eigenvalue weighted by Crippen LogP contribution is -2.28. The molecule has 1 N–H and O–H groups in total. The van der Waals surface area contributed by atoms with Crippen molar-refractivity contribution in [1.29, 1.82) is 0 Å². The summed E-state index contributed by atoms with van der Waals surface area (Å²) in [6, 6.07) is 14.3. The molecule has 2 rings (SSSR count). The van der Waals surface area contributed by atoms with Crippen molar-refractivity contribution >= 4 is 17.5 Å². The minimum absolute atomic E-state index is 0.208. The van der Waals surface area contributed by atoms with E-state index in [-0.39, 0.29) is 5.91 Å². The lowest BCUT2D eigenvalue weighted by molar-refractivity contribution is 0.0947. The molecule has 2 aromatic carbocycles. The Balaban J connectivity index is 1.75. The first-order chi connectivity index (χ1) is 10.7. The highest BCUT2D eigenvalue weighted by Crippen LogP contribution is 2.17. The number of hydrogen-bond donors (Lipinski definition) is 1. The van der Waals surface area contributed by atoms with E-state index in [1.165, 1.54) is 0 Å². The first kappa shape index (κ1) is 16.2. The Morgan fingerprint density at radius 3 is 2.32 bits per heavy atom. The monoisotopic (exact) mass is 319 g/mol. The van der Waals surface area contributed by atoms with Gasteiger partial charge in [0.25, 0.3) is 5.91 Å². The van der Waals surface area contributed by atoms with E-state index in [0.717, 1.165) is 11.5 Å². The zero-order chi connectivity index (χ0) is 15.8. The third-order valence-electron chi connectivity index (χ3n) is 2.91. The summed E-state index contributed by atoms with van der Waals surface area (Å²) >= 11 is 5.96.